The predicted octanol–water partition coefficient (Wildman–Crippen LogP) is 2.77. The highest BCUT2D eigenvalue weighted by Crippen LogP contribution is 2.63. The molecule has 148 valence electrons. The van der Waals surface area contributed by atoms with E-state index in [9.17, 15) is 14.0 Å². The maximum atomic E-state index is 13.1. The minimum atomic E-state index is -0.392. The Hall–Kier alpha value is -2.77. The van der Waals surface area contributed by atoms with Gasteiger partial charge in [-0.25, -0.2) is 4.39 Å². The highest BCUT2D eigenvalue weighted by atomic mass is 19.1. The molecule has 2 saturated carbocycles. The van der Waals surface area contributed by atoms with Crippen LogP contribution in [0.2, 0.25) is 0 Å². The zero-order valence-corrected chi connectivity index (χ0v) is 16.1. The summed E-state index contributed by atoms with van der Waals surface area (Å²) in [7, 11) is 0. The molecule has 8 heteroatoms. The Morgan fingerprint density at radius 2 is 1.71 bits per heavy atom. The van der Waals surface area contributed by atoms with E-state index >= 15 is 0 Å². The first-order valence-electron chi connectivity index (χ1n) is 9.35. The summed E-state index contributed by atoms with van der Waals surface area (Å²) in [5, 5.41) is 9.80. The Morgan fingerprint density at radius 3 is 2.25 bits per heavy atom. The summed E-state index contributed by atoms with van der Waals surface area (Å²) in [6.45, 7) is 5.75. The summed E-state index contributed by atoms with van der Waals surface area (Å²) < 4.78 is 17.9. The molecule has 2 aliphatic carbocycles. The molecule has 4 rings (SSSR count). The topological polar surface area (TPSA) is 97.1 Å². The number of rotatable bonds is 5. The van der Waals surface area contributed by atoms with Gasteiger partial charge in [-0.1, -0.05) is 12.1 Å². The Balaban J connectivity index is 1.40. The van der Waals surface area contributed by atoms with E-state index in [0.29, 0.717) is 11.5 Å². The number of hydrogen-bond donors (Lipinski definition) is 2. The van der Waals surface area contributed by atoms with Crippen molar-refractivity contribution in [1.29, 1.82) is 0 Å². The van der Waals surface area contributed by atoms with Gasteiger partial charge in [-0.2, -0.15) is 4.98 Å². The molecule has 0 atom stereocenters. The van der Waals surface area contributed by atoms with Crippen molar-refractivity contribution in [2.24, 2.45) is 5.41 Å². The van der Waals surface area contributed by atoms with Crippen LogP contribution in [0.1, 0.15) is 66.4 Å². The fraction of sp³-hybridized carbons (Fsp3) is 0.500. The first kappa shape index (κ1) is 18.6. The molecule has 28 heavy (non-hydrogen) atoms. The average molecular weight is 386 g/mol. The molecule has 0 saturated heterocycles. The fourth-order valence-corrected chi connectivity index (χ4v) is 4.71. The lowest BCUT2D eigenvalue weighted by atomic mass is 9.54. The van der Waals surface area contributed by atoms with Crippen LogP contribution in [0, 0.1) is 18.2 Å². The molecule has 1 aromatic carbocycles. The predicted molar refractivity (Wildman–Crippen MR) is 98.1 cm³/mol. The molecule has 1 aromatic heterocycles. The van der Waals surface area contributed by atoms with Gasteiger partial charge >= 0.3 is 0 Å². The van der Waals surface area contributed by atoms with E-state index in [4.69, 9.17) is 4.52 Å². The second kappa shape index (κ2) is 6.12. The van der Waals surface area contributed by atoms with Crippen LogP contribution in [-0.4, -0.2) is 33.0 Å². The van der Waals surface area contributed by atoms with E-state index < -0.39 is 5.54 Å². The van der Waals surface area contributed by atoms with Gasteiger partial charge in [-0.15, -0.1) is 0 Å². The zero-order chi connectivity index (χ0) is 20.2. The lowest BCUT2D eigenvalue weighted by Gasteiger charge is -2.57. The maximum absolute atomic E-state index is 13.1. The van der Waals surface area contributed by atoms with Crippen LogP contribution >= 0.6 is 0 Å². The number of aromatic nitrogens is 2. The van der Waals surface area contributed by atoms with Crippen LogP contribution in [0.5, 0.6) is 0 Å². The van der Waals surface area contributed by atoms with E-state index in [-0.39, 0.29) is 34.4 Å². The second-order valence-corrected chi connectivity index (χ2v) is 8.61. The first-order chi connectivity index (χ1) is 13.1. The Labute approximate surface area is 162 Å². The van der Waals surface area contributed by atoms with Crippen LogP contribution in [0.25, 0.3) is 0 Å². The summed E-state index contributed by atoms with van der Waals surface area (Å²) >= 11 is 0. The van der Waals surface area contributed by atoms with Gasteiger partial charge in [-0.05, 0) is 62.3 Å². The van der Waals surface area contributed by atoms with Gasteiger partial charge in [0.25, 0.3) is 17.6 Å². The summed E-state index contributed by atoms with van der Waals surface area (Å²) in [4.78, 5) is 28.9. The van der Waals surface area contributed by atoms with Gasteiger partial charge in [-0.3, -0.25) is 9.59 Å². The number of carbonyl (C=O) groups is 2. The largest absolute Gasteiger partial charge is 0.346 e. The smallest absolute Gasteiger partial charge is 0.293 e. The molecule has 0 spiro atoms. The number of nitrogens with one attached hydrogen (secondary N) is 2. The number of aryl methyl sites for hydroxylation is 1. The molecule has 2 aromatic rings. The number of amides is 2. The lowest BCUT2D eigenvalue weighted by molar-refractivity contribution is -0.0116. The maximum Gasteiger partial charge on any atom is 0.293 e. The van der Waals surface area contributed by atoms with Crippen molar-refractivity contribution in [2.45, 2.75) is 57.5 Å². The summed E-state index contributed by atoms with van der Waals surface area (Å²) in [6.07, 6.45) is 3.24. The van der Waals surface area contributed by atoms with Crippen molar-refractivity contribution in [3.8, 4) is 0 Å². The SMILES string of the molecule is Cc1nc(C(=O)NC2(C)CC(C)(C3(NC(=O)c4ccc(F)cc4)CC3)C2)no1. The molecule has 0 radical (unpaired) electrons. The monoisotopic (exact) mass is 386 g/mol. The van der Waals surface area contributed by atoms with Gasteiger partial charge in [0.15, 0.2) is 0 Å². The Bertz CT molecular complexity index is 927. The summed E-state index contributed by atoms with van der Waals surface area (Å²) in [5.74, 6) is -0.556. The summed E-state index contributed by atoms with van der Waals surface area (Å²) in [5.41, 5.74) is -0.362. The van der Waals surface area contributed by atoms with Crippen molar-refractivity contribution >= 4 is 11.8 Å². The molecular weight excluding hydrogens is 363 g/mol. The van der Waals surface area contributed by atoms with Crippen LogP contribution in [0.4, 0.5) is 4.39 Å². The Morgan fingerprint density at radius 1 is 1.07 bits per heavy atom. The number of benzene rings is 1. The molecule has 7 nitrogen and oxygen atoms in total. The molecule has 0 bridgehead atoms. The lowest BCUT2D eigenvalue weighted by Crippen LogP contribution is -2.66. The van der Waals surface area contributed by atoms with Crippen molar-refractivity contribution in [3.63, 3.8) is 0 Å². The van der Waals surface area contributed by atoms with Crippen LogP contribution in [-0.2, 0) is 0 Å². The van der Waals surface area contributed by atoms with Gasteiger partial charge in [0.1, 0.15) is 5.82 Å². The number of halogens is 1. The van der Waals surface area contributed by atoms with E-state index in [1.165, 1.54) is 24.3 Å². The minimum absolute atomic E-state index is 0.0260. The van der Waals surface area contributed by atoms with Gasteiger partial charge in [0.2, 0.25) is 5.89 Å². The van der Waals surface area contributed by atoms with Crippen molar-refractivity contribution in [2.75, 3.05) is 0 Å². The fourth-order valence-electron chi connectivity index (χ4n) is 4.71. The average Bonchev–Trinajstić information content (AvgIpc) is 3.26. The van der Waals surface area contributed by atoms with Crippen molar-refractivity contribution in [1.82, 2.24) is 20.8 Å². The van der Waals surface area contributed by atoms with E-state index in [2.05, 4.69) is 27.7 Å². The van der Waals surface area contributed by atoms with Crippen molar-refractivity contribution in [3.05, 3.63) is 47.4 Å². The Kier molecular flexibility index (Phi) is 4.06. The molecule has 2 fully saturated rings. The van der Waals surface area contributed by atoms with Crippen LogP contribution in [0.3, 0.4) is 0 Å². The molecule has 1 heterocycles. The number of carbonyl (C=O) groups excluding carboxylic acids is 2. The molecule has 2 amide bonds. The molecule has 2 N–H and O–H groups in total. The van der Waals surface area contributed by atoms with E-state index in [0.717, 1.165) is 25.7 Å². The third-order valence-electron chi connectivity index (χ3n) is 6.07. The molecule has 0 aliphatic heterocycles. The van der Waals surface area contributed by atoms with Gasteiger partial charge < -0.3 is 15.2 Å². The number of nitrogens with zero attached hydrogens (tertiary/aromatic N) is 2. The first-order valence-corrected chi connectivity index (χ1v) is 9.35. The van der Waals surface area contributed by atoms with Gasteiger partial charge in [0.05, 0.1) is 0 Å². The summed E-state index contributed by atoms with van der Waals surface area (Å²) in [6, 6.07) is 5.54. The standard InChI is InChI=1S/C20H23FN4O3/c1-12-22-15(25-28-12)17(27)23-19(3)10-18(2,11-19)20(8-9-20)24-16(26)13-4-6-14(21)7-5-13/h4-7H,8-11H2,1-3H3,(H,23,27)(H,24,26). The third-order valence-corrected chi connectivity index (χ3v) is 6.07. The quantitative estimate of drug-likeness (QED) is 0.824. The molecule has 2 aliphatic rings. The normalized spacial score (nSPS) is 27.6. The van der Waals surface area contributed by atoms with Crippen LogP contribution in [0.15, 0.2) is 28.8 Å². The molecule has 0 unspecified atom stereocenters. The van der Waals surface area contributed by atoms with Crippen molar-refractivity contribution < 1.29 is 18.5 Å². The highest BCUT2D eigenvalue weighted by molar-refractivity contribution is 5.95. The van der Waals surface area contributed by atoms with Gasteiger partial charge in [0, 0.05) is 23.6 Å². The van der Waals surface area contributed by atoms with Crippen LogP contribution < -0.4 is 10.6 Å². The third kappa shape index (κ3) is 3.16. The second-order valence-electron chi connectivity index (χ2n) is 8.61. The van der Waals surface area contributed by atoms with E-state index in [1.54, 1.807) is 6.92 Å². The minimum Gasteiger partial charge on any atom is -0.346 e. The zero-order valence-electron chi connectivity index (χ0n) is 16.1. The van der Waals surface area contributed by atoms with E-state index in [1.807, 2.05) is 6.92 Å². The molecular formula is C20H23FN4O3. The number of hydrogen-bond acceptors (Lipinski definition) is 5. The highest BCUT2D eigenvalue weighted by Gasteiger charge is 2.66.